The number of rotatable bonds is 3. The highest BCUT2D eigenvalue weighted by Crippen LogP contribution is 2.18. The van der Waals surface area contributed by atoms with E-state index in [0.717, 1.165) is 17.5 Å². The molecule has 4 nitrogen and oxygen atoms in total. The van der Waals surface area contributed by atoms with Crippen molar-refractivity contribution in [3.8, 4) is 0 Å². The molecule has 100 valence electrons. The van der Waals surface area contributed by atoms with Crippen LogP contribution in [0.5, 0.6) is 0 Å². The van der Waals surface area contributed by atoms with Crippen LogP contribution in [0.1, 0.15) is 24.0 Å². The summed E-state index contributed by atoms with van der Waals surface area (Å²) in [5.41, 5.74) is 2.06. The minimum absolute atomic E-state index is 0.229. The number of benzene rings is 1. The van der Waals surface area contributed by atoms with Crippen LogP contribution in [0.15, 0.2) is 30.3 Å². The van der Waals surface area contributed by atoms with Crippen LogP contribution in [0.4, 0.5) is 0 Å². The highest BCUT2D eigenvalue weighted by molar-refractivity contribution is 5.94. The molecule has 0 bridgehead atoms. The van der Waals surface area contributed by atoms with Crippen LogP contribution in [0.3, 0.4) is 0 Å². The van der Waals surface area contributed by atoms with Crippen molar-refractivity contribution in [2.24, 2.45) is 0 Å². The van der Waals surface area contributed by atoms with Crippen molar-refractivity contribution in [1.82, 2.24) is 4.90 Å². The van der Waals surface area contributed by atoms with Crippen molar-refractivity contribution >= 4 is 18.0 Å². The van der Waals surface area contributed by atoms with Gasteiger partial charge < -0.3 is 10.0 Å². The fraction of sp³-hybridized carbons (Fsp3) is 0.333. The maximum absolute atomic E-state index is 12.0. The number of hydrogen-bond acceptors (Lipinski definition) is 2. The normalized spacial score (nSPS) is 19.0. The van der Waals surface area contributed by atoms with Gasteiger partial charge in [0, 0.05) is 12.6 Å². The van der Waals surface area contributed by atoms with Crippen molar-refractivity contribution in [2.45, 2.75) is 25.8 Å². The Labute approximate surface area is 112 Å². The number of carbonyl (C=O) groups is 2. The highest BCUT2D eigenvalue weighted by atomic mass is 16.4. The van der Waals surface area contributed by atoms with Crippen LogP contribution in [0.2, 0.25) is 0 Å². The maximum Gasteiger partial charge on any atom is 0.326 e. The van der Waals surface area contributed by atoms with Crippen molar-refractivity contribution in [3.63, 3.8) is 0 Å². The van der Waals surface area contributed by atoms with Crippen molar-refractivity contribution in [1.29, 1.82) is 0 Å². The second kappa shape index (κ2) is 5.69. The molecule has 0 aliphatic carbocycles. The van der Waals surface area contributed by atoms with Gasteiger partial charge in [-0.2, -0.15) is 0 Å². The van der Waals surface area contributed by atoms with Crippen LogP contribution in [0.25, 0.3) is 6.08 Å². The van der Waals surface area contributed by atoms with Crippen LogP contribution in [-0.4, -0.2) is 34.5 Å². The van der Waals surface area contributed by atoms with Gasteiger partial charge in [0.05, 0.1) is 0 Å². The standard InChI is InChI=1S/C15H17NO3/c1-11-5-2-3-6-12(11)8-9-14(17)16-10-4-7-13(16)15(18)19/h2-3,5-6,8-9,13H,4,7,10H2,1H3,(H,18,19)/b9-8+/t13-/m0/s1. The summed E-state index contributed by atoms with van der Waals surface area (Å²) in [6.07, 6.45) is 4.50. The molecule has 4 heteroatoms. The fourth-order valence-electron chi connectivity index (χ4n) is 2.32. The van der Waals surface area contributed by atoms with Gasteiger partial charge >= 0.3 is 5.97 Å². The van der Waals surface area contributed by atoms with Gasteiger partial charge in [-0.05, 0) is 37.0 Å². The smallest absolute Gasteiger partial charge is 0.326 e. The first-order valence-corrected chi connectivity index (χ1v) is 6.36. The zero-order chi connectivity index (χ0) is 13.8. The second-order valence-corrected chi connectivity index (χ2v) is 4.72. The summed E-state index contributed by atoms with van der Waals surface area (Å²) >= 11 is 0. The minimum atomic E-state index is -0.921. The first-order chi connectivity index (χ1) is 9.09. The molecule has 0 spiro atoms. The Hall–Kier alpha value is -2.10. The van der Waals surface area contributed by atoms with E-state index < -0.39 is 12.0 Å². The van der Waals surface area contributed by atoms with E-state index in [0.29, 0.717) is 13.0 Å². The molecule has 1 aromatic carbocycles. The molecule has 0 unspecified atom stereocenters. The van der Waals surface area contributed by atoms with E-state index in [2.05, 4.69) is 0 Å². The summed E-state index contributed by atoms with van der Waals surface area (Å²) in [6, 6.07) is 7.08. The van der Waals surface area contributed by atoms with E-state index in [1.54, 1.807) is 6.08 Å². The molecular weight excluding hydrogens is 242 g/mol. The van der Waals surface area contributed by atoms with Crippen LogP contribution in [-0.2, 0) is 9.59 Å². The third-order valence-corrected chi connectivity index (χ3v) is 3.41. The molecule has 1 fully saturated rings. The predicted octanol–water partition coefficient (Wildman–Crippen LogP) is 2.08. The van der Waals surface area contributed by atoms with Gasteiger partial charge in [0.2, 0.25) is 5.91 Å². The SMILES string of the molecule is Cc1ccccc1/C=C/C(=O)N1CCC[C@H]1C(=O)O. The zero-order valence-electron chi connectivity index (χ0n) is 10.9. The number of aliphatic carboxylic acids is 1. The molecule has 2 rings (SSSR count). The van der Waals surface area contributed by atoms with E-state index in [-0.39, 0.29) is 5.91 Å². The van der Waals surface area contributed by atoms with Crippen LogP contribution in [0, 0.1) is 6.92 Å². The molecule has 1 aromatic rings. The van der Waals surface area contributed by atoms with Gasteiger partial charge in [0.15, 0.2) is 0 Å². The van der Waals surface area contributed by atoms with E-state index in [4.69, 9.17) is 5.11 Å². The lowest BCUT2D eigenvalue weighted by Gasteiger charge is -2.19. The molecule has 0 saturated carbocycles. The molecule has 1 N–H and O–H groups in total. The lowest BCUT2D eigenvalue weighted by molar-refractivity contribution is -0.146. The Balaban J connectivity index is 2.09. The zero-order valence-corrected chi connectivity index (χ0v) is 10.9. The Kier molecular flexibility index (Phi) is 4.00. The molecule has 19 heavy (non-hydrogen) atoms. The average Bonchev–Trinajstić information content (AvgIpc) is 2.87. The summed E-state index contributed by atoms with van der Waals surface area (Å²) in [6.45, 7) is 2.49. The summed E-state index contributed by atoms with van der Waals surface area (Å²) in [7, 11) is 0. The Morgan fingerprint density at radius 1 is 1.37 bits per heavy atom. The van der Waals surface area contributed by atoms with Gasteiger partial charge in [-0.1, -0.05) is 24.3 Å². The summed E-state index contributed by atoms with van der Waals surface area (Å²) in [4.78, 5) is 24.5. The lowest BCUT2D eigenvalue weighted by Crippen LogP contribution is -2.39. The number of aryl methyl sites for hydroxylation is 1. The molecule has 0 radical (unpaired) electrons. The summed E-state index contributed by atoms with van der Waals surface area (Å²) in [5, 5.41) is 9.04. The average molecular weight is 259 g/mol. The van der Waals surface area contributed by atoms with Crippen molar-refractivity contribution in [2.75, 3.05) is 6.54 Å². The summed E-state index contributed by atoms with van der Waals surface area (Å²) in [5.74, 6) is -1.15. The van der Waals surface area contributed by atoms with Gasteiger partial charge in [-0.15, -0.1) is 0 Å². The number of hydrogen-bond donors (Lipinski definition) is 1. The van der Waals surface area contributed by atoms with Crippen LogP contribution < -0.4 is 0 Å². The van der Waals surface area contributed by atoms with Gasteiger partial charge in [-0.25, -0.2) is 4.79 Å². The van der Waals surface area contributed by atoms with Crippen molar-refractivity contribution in [3.05, 3.63) is 41.5 Å². The van der Waals surface area contributed by atoms with Crippen LogP contribution >= 0.6 is 0 Å². The van der Waals surface area contributed by atoms with Gasteiger partial charge in [0.1, 0.15) is 6.04 Å². The molecule has 1 saturated heterocycles. The number of carboxylic acids is 1. The lowest BCUT2D eigenvalue weighted by atomic mass is 10.1. The topological polar surface area (TPSA) is 57.6 Å². The molecule has 1 aliphatic heterocycles. The van der Waals surface area contributed by atoms with E-state index in [1.807, 2.05) is 31.2 Å². The fourth-order valence-corrected chi connectivity index (χ4v) is 2.32. The Morgan fingerprint density at radius 3 is 2.79 bits per heavy atom. The number of amides is 1. The molecule has 1 atom stereocenters. The van der Waals surface area contributed by atoms with Gasteiger partial charge in [-0.3, -0.25) is 4.79 Å². The Bertz CT molecular complexity index is 522. The maximum atomic E-state index is 12.0. The molecule has 0 aromatic heterocycles. The first kappa shape index (κ1) is 13.3. The number of nitrogens with zero attached hydrogens (tertiary/aromatic N) is 1. The second-order valence-electron chi connectivity index (χ2n) is 4.72. The highest BCUT2D eigenvalue weighted by Gasteiger charge is 2.32. The van der Waals surface area contributed by atoms with E-state index in [9.17, 15) is 9.59 Å². The third-order valence-electron chi connectivity index (χ3n) is 3.41. The summed E-state index contributed by atoms with van der Waals surface area (Å²) < 4.78 is 0. The quantitative estimate of drug-likeness (QED) is 0.845. The Morgan fingerprint density at radius 2 is 2.11 bits per heavy atom. The van der Waals surface area contributed by atoms with Crippen molar-refractivity contribution < 1.29 is 14.7 Å². The molecule has 1 aliphatic rings. The van der Waals surface area contributed by atoms with E-state index >= 15 is 0 Å². The minimum Gasteiger partial charge on any atom is -0.480 e. The largest absolute Gasteiger partial charge is 0.480 e. The molecule has 1 heterocycles. The predicted molar refractivity (Wildman–Crippen MR) is 72.6 cm³/mol. The number of carbonyl (C=O) groups excluding carboxylic acids is 1. The monoisotopic (exact) mass is 259 g/mol. The molecular formula is C15H17NO3. The number of carboxylic acid groups (broad SMARTS) is 1. The van der Waals surface area contributed by atoms with E-state index in [1.165, 1.54) is 11.0 Å². The molecule has 1 amide bonds. The first-order valence-electron chi connectivity index (χ1n) is 6.36. The number of likely N-dealkylation sites (tertiary alicyclic amines) is 1. The third kappa shape index (κ3) is 3.02. The van der Waals surface area contributed by atoms with Gasteiger partial charge in [0.25, 0.3) is 0 Å².